The maximum absolute atomic E-state index is 12.2. The van der Waals surface area contributed by atoms with Crippen LogP contribution < -0.4 is 5.32 Å². The maximum atomic E-state index is 12.2. The summed E-state index contributed by atoms with van der Waals surface area (Å²) in [5.74, 6) is 2.68. The molecule has 2 aliphatic rings. The predicted molar refractivity (Wildman–Crippen MR) is 82.9 cm³/mol. The van der Waals surface area contributed by atoms with Gasteiger partial charge in [0.05, 0.1) is 5.69 Å². The largest absolute Gasteiger partial charge is 0.353 e. The fourth-order valence-corrected chi connectivity index (χ4v) is 4.45. The van der Waals surface area contributed by atoms with E-state index < -0.39 is 0 Å². The van der Waals surface area contributed by atoms with E-state index in [4.69, 9.17) is 0 Å². The average Bonchev–Trinajstić information content (AvgIpc) is 3.12. The van der Waals surface area contributed by atoms with Gasteiger partial charge in [-0.15, -0.1) is 0 Å². The van der Waals surface area contributed by atoms with Crippen molar-refractivity contribution in [2.75, 3.05) is 0 Å². The molecular formula is C17H27N3O. The lowest BCUT2D eigenvalue weighted by atomic mass is 9.84. The van der Waals surface area contributed by atoms with Gasteiger partial charge >= 0.3 is 0 Å². The van der Waals surface area contributed by atoms with Crippen molar-refractivity contribution >= 4 is 5.91 Å². The lowest BCUT2D eigenvalue weighted by Gasteiger charge is -2.28. The summed E-state index contributed by atoms with van der Waals surface area (Å²) >= 11 is 0. The van der Waals surface area contributed by atoms with Crippen molar-refractivity contribution in [3.05, 3.63) is 17.5 Å². The number of rotatable bonds is 5. The Labute approximate surface area is 127 Å². The third-order valence-electron chi connectivity index (χ3n) is 5.48. The van der Waals surface area contributed by atoms with Gasteiger partial charge in [-0.3, -0.25) is 9.48 Å². The minimum Gasteiger partial charge on any atom is -0.353 e. The highest BCUT2D eigenvalue weighted by atomic mass is 16.1. The summed E-state index contributed by atoms with van der Waals surface area (Å²) in [6.45, 7) is 6.89. The molecule has 0 unspecified atom stereocenters. The monoisotopic (exact) mass is 289 g/mol. The summed E-state index contributed by atoms with van der Waals surface area (Å²) in [6.07, 6.45) is 6.04. The van der Waals surface area contributed by atoms with Crippen molar-refractivity contribution in [3.63, 3.8) is 0 Å². The summed E-state index contributed by atoms with van der Waals surface area (Å²) < 4.78 is 1.93. The Kier molecular flexibility index (Phi) is 4.05. The van der Waals surface area contributed by atoms with Gasteiger partial charge in [0.15, 0.2) is 0 Å². The summed E-state index contributed by atoms with van der Waals surface area (Å²) in [5, 5.41) is 7.63. The number of aryl methyl sites for hydroxylation is 3. The van der Waals surface area contributed by atoms with Gasteiger partial charge in [0, 0.05) is 24.7 Å². The molecule has 3 rings (SSSR count). The molecule has 2 aliphatic carbocycles. The fourth-order valence-electron chi connectivity index (χ4n) is 4.45. The summed E-state index contributed by atoms with van der Waals surface area (Å²) in [6, 6.07) is 2.38. The van der Waals surface area contributed by atoms with Crippen LogP contribution in [-0.4, -0.2) is 21.7 Å². The van der Waals surface area contributed by atoms with E-state index in [1.165, 1.54) is 25.7 Å². The molecule has 0 radical (unpaired) electrons. The van der Waals surface area contributed by atoms with Crippen molar-refractivity contribution in [2.24, 2.45) is 17.8 Å². The number of carbonyl (C=O) groups is 1. The number of nitrogens with zero attached hydrogens (tertiary/aromatic N) is 2. The van der Waals surface area contributed by atoms with E-state index in [0.29, 0.717) is 24.9 Å². The van der Waals surface area contributed by atoms with Crippen LogP contribution in [0.15, 0.2) is 6.07 Å². The van der Waals surface area contributed by atoms with Crippen LogP contribution in [0.5, 0.6) is 0 Å². The Hall–Kier alpha value is -1.32. The number of aromatic nitrogens is 2. The van der Waals surface area contributed by atoms with Crippen LogP contribution >= 0.6 is 0 Å². The van der Waals surface area contributed by atoms with Crippen molar-refractivity contribution in [1.82, 2.24) is 15.1 Å². The standard InChI is InChI=1S/C17H27N3O/c1-11-8-12(2)20(19-11)7-6-17(21)18-13(3)16-10-14-4-5-15(16)9-14/h8,13-16H,4-7,9-10H2,1-3H3,(H,18,21)/t13-,14+,15+,16+/m1/s1. The molecule has 4 nitrogen and oxygen atoms in total. The summed E-state index contributed by atoms with van der Waals surface area (Å²) in [5.41, 5.74) is 2.14. The summed E-state index contributed by atoms with van der Waals surface area (Å²) in [4.78, 5) is 12.2. The van der Waals surface area contributed by atoms with E-state index >= 15 is 0 Å². The molecule has 4 atom stereocenters. The average molecular weight is 289 g/mol. The zero-order chi connectivity index (χ0) is 15.0. The number of hydrogen-bond acceptors (Lipinski definition) is 2. The van der Waals surface area contributed by atoms with Crippen molar-refractivity contribution in [3.8, 4) is 0 Å². The van der Waals surface area contributed by atoms with E-state index in [0.717, 1.165) is 23.2 Å². The number of carbonyl (C=O) groups excluding carboxylic acids is 1. The van der Waals surface area contributed by atoms with E-state index in [2.05, 4.69) is 23.4 Å². The maximum Gasteiger partial charge on any atom is 0.222 e. The van der Waals surface area contributed by atoms with Crippen LogP contribution in [0.3, 0.4) is 0 Å². The molecule has 21 heavy (non-hydrogen) atoms. The van der Waals surface area contributed by atoms with Crippen molar-refractivity contribution in [2.45, 2.75) is 65.5 Å². The van der Waals surface area contributed by atoms with Gasteiger partial charge in [0.1, 0.15) is 0 Å². The number of amides is 1. The molecule has 1 aromatic heterocycles. The summed E-state index contributed by atoms with van der Waals surface area (Å²) in [7, 11) is 0. The Balaban J connectivity index is 1.47. The molecule has 2 fully saturated rings. The number of nitrogens with one attached hydrogen (secondary N) is 1. The van der Waals surface area contributed by atoms with Crippen LogP contribution in [0.4, 0.5) is 0 Å². The minimum absolute atomic E-state index is 0.165. The van der Waals surface area contributed by atoms with Gasteiger partial charge in [-0.05, 0) is 63.9 Å². The first-order valence-corrected chi connectivity index (χ1v) is 8.33. The van der Waals surface area contributed by atoms with E-state index in [9.17, 15) is 4.79 Å². The first kappa shape index (κ1) is 14.6. The lowest BCUT2D eigenvalue weighted by Crippen LogP contribution is -2.40. The topological polar surface area (TPSA) is 46.9 Å². The molecule has 0 aliphatic heterocycles. The quantitative estimate of drug-likeness (QED) is 0.906. The van der Waals surface area contributed by atoms with Gasteiger partial charge in [-0.2, -0.15) is 5.10 Å². The normalized spacial score (nSPS) is 28.8. The number of fused-ring (bicyclic) bond motifs is 2. The second-order valence-electron chi connectivity index (χ2n) is 7.10. The first-order chi connectivity index (χ1) is 10.0. The minimum atomic E-state index is 0.165. The molecule has 116 valence electrons. The molecule has 1 N–H and O–H groups in total. The third-order valence-corrected chi connectivity index (χ3v) is 5.48. The van der Waals surface area contributed by atoms with E-state index in [-0.39, 0.29) is 5.91 Å². The smallest absolute Gasteiger partial charge is 0.222 e. The van der Waals surface area contributed by atoms with E-state index in [1.54, 1.807) is 0 Å². The van der Waals surface area contributed by atoms with Crippen molar-refractivity contribution in [1.29, 1.82) is 0 Å². The third kappa shape index (κ3) is 3.14. The van der Waals surface area contributed by atoms with Crippen LogP contribution in [-0.2, 0) is 11.3 Å². The molecule has 4 heteroatoms. The molecule has 1 heterocycles. The van der Waals surface area contributed by atoms with Gasteiger partial charge < -0.3 is 5.32 Å². The zero-order valence-electron chi connectivity index (χ0n) is 13.4. The molecule has 0 saturated heterocycles. The van der Waals surface area contributed by atoms with Gasteiger partial charge in [-0.25, -0.2) is 0 Å². The molecule has 0 spiro atoms. The van der Waals surface area contributed by atoms with Gasteiger partial charge in [-0.1, -0.05) is 6.42 Å². The van der Waals surface area contributed by atoms with Gasteiger partial charge in [0.2, 0.25) is 5.91 Å². The Bertz CT molecular complexity index is 522. The first-order valence-electron chi connectivity index (χ1n) is 8.33. The second kappa shape index (κ2) is 5.82. The highest BCUT2D eigenvalue weighted by molar-refractivity contribution is 5.76. The molecule has 1 aromatic rings. The SMILES string of the molecule is Cc1cc(C)n(CCC(=O)N[C@H](C)[C@@H]2C[C@H]3CC[C@H]2C3)n1. The molecule has 1 amide bonds. The molecule has 2 bridgehead atoms. The second-order valence-corrected chi connectivity index (χ2v) is 7.10. The van der Waals surface area contributed by atoms with E-state index in [1.807, 2.05) is 18.5 Å². The molecular weight excluding hydrogens is 262 g/mol. The van der Waals surface area contributed by atoms with Gasteiger partial charge in [0.25, 0.3) is 0 Å². The van der Waals surface area contributed by atoms with Crippen LogP contribution in [0, 0.1) is 31.6 Å². The predicted octanol–water partition coefficient (Wildman–Crippen LogP) is 2.83. The highest BCUT2D eigenvalue weighted by Crippen LogP contribution is 2.49. The van der Waals surface area contributed by atoms with Crippen LogP contribution in [0.2, 0.25) is 0 Å². The zero-order valence-corrected chi connectivity index (χ0v) is 13.4. The molecule has 2 saturated carbocycles. The number of hydrogen-bond donors (Lipinski definition) is 1. The Morgan fingerprint density at radius 3 is 2.81 bits per heavy atom. The lowest BCUT2D eigenvalue weighted by molar-refractivity contribution is -0.122. The Morgan fingerprint density at radius 2 is 2.24 bits per heavy atom. The Morgan fingerprint density at radius 1 is 1.43 bits per heavy atom. The van der Waals surface area contributed by atoms with Crippen molar-refractivity contribution < 1.29 is 4.79 Å². The highest BCUT2D eigenvalue weighted by Gasteiger charge is 2.42. The molecule has 0 aromatic carbocycles. The van der Waals surface area contributed by atoms with Crippen LogP contribution in [0.25, 0.3) is 0 Å². The van der Waals surface area contributed by atoms with Crippen LogP contribution in [0.1, 0.15) is 50.4 Å². The fraction of sp³-hybridized carbons (Fsp3) is 0.765.